The van der Waals surface area contributed by atoms with E-state index in [9.17, 15) is 0 Å². The summed E-state index contributed by atoms with van der Waals surface area (Å²) in [7, 11) is 3.72. The van der Waals surface area contributed by atoms with Crippen LogP contribution in [0.5, 0.6) is 5.75 Å². The lowest BCUT2D eigenvalue weighted by Gasteiger charge is -2.42. The van der Waals surface area contributed by atoms with Crippen molar-refractivity contribution in [2.24, 2.45) is 0 Å². The fraction of sp³-hybridized carbons (Fsp3) is 0.625. The van der Waals surface area contributed by atoms with E-state index in [-0.39, 0.29) is 12.1 Å². The smallest absolute Gasteiger partial charge is 0.123 e. The Morgan fingerprint density at radius 1 is 1.43 bits per heavy atom. The first kappa shape index (κ1) is 15.3. The maximum atomic E-state index is 6.06. The van der Waals surface area contributed by atoms with Crippen molar-refractivity contribution >= 4 is 15.9 Å². The second-order valence-corrected chi connectivity index (χ2v) is 6.68. The highest BCUT2D eigenvalue weighted by Crippen LogP contribution is 2.42. The van der Waals surface area contributed by atoms with Gasteiger partial charge in [-0.15, -0.1) is 0 Å². The van der Waals surface area contributed by atoms with Gasteiger partial charge in [0, 0.05) is 29.2 Å². The summed E-state index contributed by atoms with van der Waals surface area (Å²) in [5, 5.41) is 3.26. The number of nitrogens with one attached hydrogen (secondary N) is 1. The Kier molecular flexibility index (Phi) is 4.84. The normalized spacial score (nSPS) is 26.8. The largest absolute Gasteiger partial charge is 0.496 e. The number of methoxy groups -OCH3 is 1. The Hall–Kier alpha value is -0.620. The van der Waals surface area contributed by atoms with Crippen LogP contribution in [0.2, 0.25) is 0 Å². The molecule has 1 saturated heterocycles. The van der Waals surface area contributed by atoms with Crippen LogP contribution >= 0.6 is 15.9 Å². The third-order valence-corrected chi connectivity index (χ3v) is 4.82. The highest BCUT2D eigenvalue weighted by Gasteiger charge is 2.42. The minimum Gasteiger partial charge on any atom is -0.496 e. The SMILES string of the molecule is CNCC1OCCN(C2CC2)C1c1cc(Br)ccc1OC. The Bertz CT molecular complexity index is 491. The van der Waals surface area contributed by atoms with Crippen molar-refractivity contribution < 1.29 is 9.47 Å². The number of benzene rings is 1. The van der Waals surface area contributed by atoms with Gasteiger partial charge in [0.05, 0.1) is 25.9 Å². The molecular formula is C16H23BrN2O2. The molecule has 0 spiro atoms. The summed E-state index contributed by atoms with van der Waals surface area (Å²) in [5.41, 5.74) is 1.22. The number of likely N-dealkylation sites (N-methyl/N-ethyl adjacent to an activating group) is 1. The van der Waals surface area contributed by atoms with Gasteiger partial charge in [-0.05, 0) is 38.1 Å². The minimum absolute atomic E-state index is 0.160. The molecule has 2 unspecified atom stereocenters. The fourth-order valence-electron chi connectivity index (χ4n) is 3.26. The van der Waals surface area contributed by atoms with Crippen molar-refractivity contribution in [1.29, 1.82) is 0 Å². The van der Waals surface area contributed by atoms with Crippen molar-refractivity contribution in [2.75, 3.05) is 33.9 Å². The van der Waals surface area contributed by atoms with Crippen LogP contribution in [0.3, 0.4) is 0 Å². The molecule has 1 aromatic rings. The first-order valence-corrected chi connectivity index (χ1v) is 8.39. The summed E-state index contributed by atoms with van der Waals surface area (Å²) in [4.78, 5) is 2.61. The van der Waals surface area contributed by atoms with Gasteiger partial charge in [-0.25, -0.2) is 0 Å². The van der Waals surface area contributed by atoms with Crippen molar-refractivity contribution in [3.05, 3.63) is 28.2 Å². The molecule has 1 aliphatic heterocycles. The maximum Gasteiger partial charge on any atom is 0.123 e. The van der Waals surface area contributed by atoms with E-state index in [1.807, 2.05) is 19.2 Å². The van der Waals surface area contributed by atoms with Gasteiger partial charge in [-0.3, -0.25) is 4.90 Å². The summed E-state index contributed by atoms with van der Waals surface area (Å²) < 4.78 is 12.7. The molecule has 2 fully saturated rings. The van der Waals surface area contributed by atoms with Crippen molar-refractivity contribution in [1.82, 2.24) is 10.2 Å². The van der Waals surface area contributed by atoms with Crippen LogP contribution in [0.25, 0.3) is 0 Å². The van der Waals surface area contributed by atoms with E-state index >= 15 is 0 Å². The van der Waals surface area contributed by atoms with Crippen molar-refractivity contribution in [3.63, 3.8) is 0 Å². The molecular weight excluding hydrogens is 332 g/mol. The molecule has 1 saturated carbocycles. The summed E-state index contributed by atoms with van der Waals surface area (Å²) in [6, 6.07) is 7.21. The Labute approximate surface area is 134 Å². The molecule has 2 aliphatic rings. The molecule has 3 rings (SSSR count). The van der Waals surface area contributed by atoms with Crippen LogP contribution in [0.15, 0.2) is 22.7 Å². The van der Waals surface area contributed by atoms with E-state index < -0.39 is 0 Å². The minimum atomic E-state index is 0.160. The van der Waals surface area contributed by atoms with Gasteiger partial charge in [0.15, 0.2) is 0 Å². The lowest BCUT2D eigenvalue weighted by Crippen LogP contribution is -2.49. The number of hydrogen-bond acceptors (Lipinski definition) is 4. The van der Waals surface area contributed by atoms with E-state index in [0.29, 0.717) is 6.04 Å². The molecule has 0 aromatic heterocycles. The van der Waals surface area contributed by atoms with Gasteiger partial charge in [0.2, 0.25) is 0 Å². The molecule has 116 valence electrons. The van der Waals surface area contributed by atoms with E-state index in [0.717, 1.165) is 29.9 Å². The highest BCUT2D eigenvalue weighted by molar-refractivity contribution is 9.10. The van der Waals surface area contributed by atoms with E-state index in [1.54, 1.807) is 7.11 Å². The van der Waals surface area contributed by atoms with Crippen LogP contribution < -0.4 is 10.1 Å². The molecule has 4 nitrogen and oxygen atoms in total. The summed E-state index contributed by atoms with van der Waals surface area (Å²) in [5.74, 6) is 0.945. The maximum absolute atomic E-state index is 6.06. The van der Waals surface area contributed by atoms with Gasteiger partial charge in [0.25, 0.3) is 0 Å². The Morgan fingerprint density at radius 3 is 2.90 bits per heavy atom. The second-order valence-electron chi connectivity index (χ2n) is 5.77. The second kappa shape index (κ2) is 6.65. The molecule has 0 amide bonds. The molecule has 1 aromatic carbocycles. The van der Waals surface area contributed by atoms with E-state index in [2.05, 4.69) is 32.2 Å². The zero-order valence-corrected chi connectivity index (χ0v) is 14.2. The predicted molar refractivity (Wildman–Crippen MR) is 86.8 cm³/mol. The van der Waals surface area contributed by atoms with Crippen molar-refractivity contribution in [2.45, 2.75) is 31.0 Å². The zero-order chi connectivity index (χ0) is 14.8. The van der Waals surface area contributed by atoms with Gasteiger partial charge in [-0.2, -0.15) is 0 Å². The standard InChI is InChI=1S/C16H23BrN2O2/c1-18-10-15-16(19(7-8-21-15)12-4-5-12)13-9-11(17)3-6-14(13)20-2/h3,6,9,12,15-16,18H,4-5,7-8,10H2,1-2H3. The quantitative estimate of drug-likeness (QED) is 0.880. The van der Waals surface area contributed by atoms with Gasteiger partial charge < -0.3 is 14.8 Å². The summed E-state index contributed by atoms with van der Waals surface area (Å²) in [6.07, 6.45) is 2.77. The molecule has 1 aliphatic carbocycles. The molecule has 5 heteroatoms. The molecule has 21 heavy (non-hydrogen) atoms. The van der Waals surface area contributed by atoms with Crippen LogP contribution in [0.4, 0.5) is 0 Å². The van der Waals surface area contributed by atoms with E-state index in [1.165, 1.54) is 18.4 Å². The summed E-state index contributed by atoms with van der Waals surface area (Å²) in [6.45, 7) is 2.67. The Balaban J connectivity index is 1.97. The van der Waals surface area contributed by atoms with Gasteiger partial charge in [0.1, 0.15) is 5.75 Å². The lowest BCUT2D eigenvalue weighted by molar-refractivity contribution is -0.0745. The van der Waals surface area contributed by atoms with Gasteiger partial charge in [-0.1, -0.05) is 15.9 Å². The van der Waals surface area contributed by atoms with E-state index in [4.69, 9.17) is 9.47 Å². The van der Waals surface area contributed by atoms with Crippen LogP contribution in [-0.2, 0) is 4.74 Å². The zero-order valence-electron chi connectivity index (χ0n) is 12.6. The molecule has 1 heterocycles. The number of ether oxygens (including phenoxy) is 2. The summed E-state index contributed by atoms with van der Waals surface area (Å²) >= 11 is 3.59. The number of rotatable bonds is 5. The average molecular weight is 355 g/mol. The molecule has 0 bridgehead atoms. The molecule has 1 N–H and O–H groups in total. The third-order valence-electron chi connectivity index (χ3n) is 4.32. The third kappa shape index (κ3) is 3.26. The Morgan fingerprint density at radius 2 is 2.24 bits per heavy atom. The first-order chi connectivity index (χ1) is 10.2. The lowest BCUT2D eigenvalue weighted by atomic mass is 9.96. The van der Waals surface area contributed by atoms with Crippen molar-refractivity contribution in [3.8, 4) is 5.75 Å². The fourth-order valence-corrected chi connectivity index (χ4v) is 3.63. The number of hydrogen-bond donors (Lipinski definition) is 1. The number of morpholine rings is 1. The van der Waals surface area contributed by atoms with Crippen LogP contribution in [0.1, 0.15) is 24.4 Å². The average Bonchev–Trinajstić information content (AvgIpc) is 3.32. The number of halogens is 1. The molecule has 0 radical (unpaired) electrons. The predicted octanol–water partition coefficient (Wildman–Crippen LogP) is 2.58. The topological polar surface area (TPSA) is 33.7 Å². The number of nitrogens with zero attached hydrogens (tertiary/aromatic N) is 1. The monoisotopic (exact) mass is 354 g/mol. The van der Waals surface area contributed by atoms with Crippen LogP contribution in [-0.4, -0.2) is 50.9 Å². The van der Waals surface area contributed by atoms with Crippen LogP contribution in [0, 0.1) is 0 Å². The van der Waals surface area contributed by atoms with Gasteiger partial charge >= 0.3 is 0 Å². The first-order valence-electron chi connectivity index (χ1n) is 7.60. The molecule has 2 atom stereocenters. The highest BCUT2D eigenvalue weighted by atomic mass is 79.9.